The van der Waals surface area contributed by atoms with E-state index in [1.54, 1.807) is 4.90 Å². The Labute approximate surface area is 128 Å². The molecule has 5 nitrogen and oxygen atoms in total. The zero-order chi connectivity index (χ0) is 15.5. The lowest BCUT2D eigenvalue weighted by Gasteiger charge is -2.22. The fourth-order valence-electron chi connectivity index (χ4n) is 3.85. The third-order valence-corrected chi connectivity index (χ3v) is 4.92. The first-order valence-electron chi connectivity index (χ1n) is 7.39. The van der Waals surface area contributed by atoms with Crippen LogP contribution in [0.25, 0.3) is 0 Å². The maximum atomic E-state index is 12.9. The van der Waals surface area contributed by atoms with E-state index in [4.69, 9.17) is 9.47 Å². The molecule has 0 aliphatic carbocycles. The van der Waals surface area contributed by atoms with Crippen LogP contribution in [0, 0.1) is 18.8 Å². The van der Waals surface area contributed by atoms with Gasteiger partial charge in [-0.15, -0.1) is 0 Å². The molecule has 4 atom stereocenters. The van der Waals surface area contributed by atoms with Crippen molar-refractivity contribution in [3.8, 4) is 0 Å². The monoisotopic (exact) mass is 299 g/mol. The normalized spacial score (nSPS) is 35.1. The maximum Gasteiger partial charge on any atom is 0.312 e. The molecule has 0 radical (unpaired) electrons. The van der Waals surface area contributed by atoms with E-state index in [2.05, 4.69) is 0 Å². The van der Waals surface area contributed by atoms with E-state index in [9.17, 15) is 9.59 Å². The molecule has 3 heterocycles. The number of nitrogens with zero attached hydrogens (tertiary/aromatic N) is 1. The topological polar surface area (TPSA) is 55.8 Å². The van der Waals surface area contributed by atoms with Crippen molar-refractivity contribution in [1.29, 1.82) is 0 Å². The summed E-state index contributed by atoms with van der Waals surface area (Å²) in [6.07, 6.45) is 3.47. The molecular weight excluding hydrogens is 282 g/mol. The summed E-state index contributed by atoms with van der Waals surface area (Å²) < 4.78 is 10.9. The van der Waals surface area contributed by atoms with Crippen LogP contribution in [-0.2, 0) is 19.1 Å². The second kappa shape index (κ2) is 4.43. The number of carbonyl (C=O) groups is 2. The van der Waals surface area contributed by atoms with Crippen LogP contribution in [0.1, 0.15) is 5.56 Å². The highest BCUT2D eigenvalue weighted by molar-refractivity contribution is 6.02. The van der Waals surface area contributed by atoms with Crippen LogP contribution in [0.5, 0.6) is 0 Å². The second-order valence-electron chi connectivity index (χ2n) is 6.18. The molecule has 3 aliphatic heterocycles. The van der Waals surface area contributed by atoms with Gasteiger partial charge >= 0.3 is 5.97 Å². The van der Waals surface area contributed by atoms with Gasteiger partial charge in [0.25, 0.3) is 0 Å². The third-order valence-electron chi connectivity index (χ3n) is 4.92. The van der Waals surface area contributed by atoms with E-state index in [0.717, 1.165) is 11.3 Å². The van der Waals surface area contributed by atoms with Crippen molar-refractivity contribution in [1.82, 2.24) is 0 Å². The molecule has 2 bridgehead atoms. The number of fused-ring (bicyclic) bond motifs is 1. The van der Waals surface area contributed by atoms with Crippen LogP contribution in [0.15, 0.2) is 36.4 Å². The summed E-state index contributed by atoms with van der Waals surface area (Å²) in [6, 6.07) is 7.79. The van der Waals surface area contributed by atoms with Crippen molar-refractivity contribution in [2.45, 2.75) is 18.6 Å². The number of esters is 1. The van der Waals surface area contributed by atoms with Gasteiger partial charge in [-0.1, -0.05) is 29.8 Å². The number of hydrogen-bond acceptors (Lipinski definition) is 4. The average Bonchev–Trinajstić information content (AvgIpc) is 3.16. The highest BCUT2D eigenvalue weighted by atomic mass is 16.5. The van der Waals surface area contributed by atoms with E-state index in [0.29, 0.717) is 6.54 Å². The van der Waals surface area contributed by atoms with Crippen molar-refractivity contribution < 1.29 is 19.1 Å². The Morgan fingerprint density at radius 1 is 1.36 bits per heavy atom. The summed E-state index contributed by atoms with van der Waals surface area (Å²) in [6.45, 7) is 2.45. The Balaban J connectivity index is 1.71. The van der Waals surface area contributed by atoms with E-state index in [1.807, 2.05) is 43.3 Å². The molecule has 1 aromatic carbocycles. The Morgan fingerprint density at radius 2 is 2.09 bits per heavy atom. The molecule has 0 unspecified atom stereocenters. The SMILES string of the molecule is COC(=O)[C@@H]1[C@H]2C=C[C@]3(CN(c4ccc(C)cc4)C(=O)[C@@H]13)O2. The van der Waals surface area contributed by atoms with Crippen molar-refractivity contribution >= 4 is 17.6 Å². The van der Waals surface area contributed by atoms with Gasteiger partial charge in [0.1, 0.15) is 11.5 Å². The van der Waals surface area contributed by atoms with Crippen molar-refractivity contribution in [2.24, 2.45) is 11.8 Å². The van der Waals surface area contributed by atoms with Gasteiger partial charge in [0, 0.05) is 5.69 Å². The molecule has 0 saturated carbocycles. The number of rotatable bonds is 2. The molecule has 1 aromatic rings. The fourth-order valence-corrected chi connectivity index (χ4v) is 3.85. The molecule has 4 rings (SSSR count). The zero-order valence-electron chi connectivity index (χ0n) is 12.5. The van der Waals surface area contributed by atoms with Gasteiger partial charge in [-0.2, -0.15) is 0 Å². The lowest BCUT2D eigenvalue weighted by Crippen LogP contribution is -2.39. The lowest BCUT2D eigenvalue weighted by molar-refractivity contribution is -0.149. The number of hydrogen-bond donors (Lipinski definition) is 0. The minimum Gasteiger partial charge on any atom is -0.469 e. The quantitative estimate of drug-likeness (QED) is 0.613. The van der Waals surface area contributed by atoms with Crippen LogP contribution in [0.3, 0.4) is 0 Å². The molecule has 22 heavy (non-hydrogen) atoms. The molecule has 114 valence electrons. The van der Waals surface area contributed by atoms with Gasteiger partial charge in [0.05, 0.1) is 25.7 Å². The standard InChI is InChI=1S/C17H17NO4/c1-10-3-5-11(6-4-10)18-9-17-8-7-12(22-17)13(16(20)21-2)14(17)15(18)19/h3-8,12-14H,9H2,1-2H3/t12-,13-,14-,17-/m1/s1. The van der Waals surface area contributed by atoms with Gasteiger partial charge in [-0.25, -0.2) is 0 Å². The zero-order valence-corrected chi connectivity index (χ0v) is 12.5. The van der Waals surface area contributed by atoms with Crippen LogP contribution in [-0.4, -0.2) is 37.2 Å². The number of amides is 1. The highest BCUT2D eigenvalue weighted by Gasteiger charge is 2.67. The Kier molecular flexibility index (Phi) is 2.72. The van der Waals surface area contributed by atoms with Gasteiger partial charge in [0.15, 0.2) is 0 Å². The number of aryl methyl sites for hydroxylation is 1. The summed E-state index contributed by atoms with van der Waals surface area (Å²) in [5.41, 5.74) is 1.28. The Hall–Kier alpha value is -2.14. The smallest absolute Gasteiger partial charge is 0.312 e. The largest absolute Gasteiger partial charge is 0.469 e. The van der Waals surface area contributed by atoms with Crippen molar-refractivity contribution in [2.75, 3.05) is 18.6 Å². The molecular formula is C17H17NO4. The van der Waals surface area contributed by atoms with E-state index < -0.39 is 17.4 Å². The molecule has 2 fully saturated rings. The van der Waals surface area contributed by atoms with Crippen LogP contribution in [0.2, 0.25) is 0 Å². The first-order valence-corrected chi connectivity index (χ1v) is 7.39. The van der Waals surface area contributed by atoms with Gasteiger partial charge in [-0.3, -0.25) is 9.59 Å². The van der Waals surface area contributed by atoms with E-state index >= 15 is 0 Å². The molecule has 1 amide bonds. The Morgan fingerprint density at radius 3 is 2.77 bits per heavy atom. The number of anilines is 1. The molecule has 0 aromatic heterocycles. The van der Waals surface area contributed by atoms with Crippen molar-refractivity contribution in [3.63, 3.8) is 0 Å². The van der Waals surface area contributed by atoms with Crippen LogP contribution < -0.4 is 4.90 Å². The van der Waals surface area contributed by atoms with Crippen molar-refractivity contribution in [3.05, 3.63) is 42.0 Å². The summed E-state index contributed by atoms with van der Waals surface area (Å²) in [7, 11) is 1.35. The molecule has 1 spiro atoms. The first-order chi connectivity index (χ1) is 10.6. The van der Waals surface area contributed by atoms with E-state index in [1.165, 1.54) is 7.11 Å². The van der Waals surface area contributed by atoms with Crippen LogP contribution >= 0.6 is 0 Å². The van der Waals surface area contributed by atoms with Gasteiger partial charge in [0.2, 0.25) is 5.91 Å². The minimum absolute atomic E-state index is 0.0638. The summed E-state index contributed by atoms with van der Waals surface area (Å²) in [4.78, 5) is 26.7. The lowest BCUT2D eigenvalue weighted by atomic mass is 9.77. The number of methoxy groups -OCH3 is 1. The summed E-state index contributed by atoms with van der Waals surface area (Å²) in [5, 5.41) is 0. The number of ether oxygens (including phenoxy) is 2. The number of benzene rings is 1. The first kappa shape index (κ1) is 13.5. The molecule has 2 saturated heterocycles. The fraction of sp³-hybridized carbons (Fsp3) is 0.412. The second-order valence-corrected chi connectivity index (χ2v) is 6.18. The summed E-state index contributed by atoms with van der Waals surface area (Å²) >= 11 is 0. The maximum absolute atomic E-state index is 12.9. The van der Waals surface area contributed by atoms with Gasteiger partial charge in [-0.05, 0) is 19.1 Å². The third kappa shape index (κ3) is 1.63. The highest BCUT2D eigenvalue weighted by Crippen LogP contribution is 2.52. The van der Waals surface area contributed by atoms with E-state index in [-0.39, 0.29) is 18.0 Å². The van der Waals surface area contributed by atoms with Crippen LogP contribution in [0.4, 0.5) is 5.69 Å². The number of carbonyl (C=O) groups excluding carboxylic acids is 2. The molecule has 3 aliphatic rings. The molecule has 0 N–H and O–H groups in total. The molecule has 5 heteroatoms. The average molecular weight is 299 g/mol. The summed E-state index contributed by atoms with van der Waals surface area (Å²) in [5.74, 6) is -1.47. The minimum atomic E-state index is -0.689. The predicted molar refractivity (Wildman–Crippen MR) is 79.3 cm³/mol. The predicted octanol–water partition coefficient (Wildman–Crippen LogP) is 1.45. The van der Waals surface area contributed by atoms with Gasteiger partial charge < -0.3 is 14.4 Å². The Bertz CT molecular complexity index is 680.